The van der Waals surface area contributed by atoms with Crippen LogP contribution in [0.1, 0.15) is 0 Å². The maximum absolute atomic E-state index is 6.66. The molecule has 0 N–H and O–H groups in total. The zero-order valence-corrected chi connectivity index (χ0v) is 32.0. The smallest absolute Gasteiger partial charge is 0.227 e. The first-order valence-corrected chi connectivity index (χ1v) is 20.0. The number of hydrogen-bond acceptors (Lipinski definition) is 3. The molecule has 0 spiro atoms. The summed E-state index contributed by atoms with van der Waals surface area (Å²) in [6.07, 6.45) is 0. The highest BCUT2D eigenvalue weighted by atomic mass is 16.3. The highest BCUT2D eigenvalue weighted by Gasteiger charge is 2.23. The van der Waals surface area contributed by atoms with E-state index >= 15 is 0 Å². The topological polar surface area (TPSA) is 34.2 Å². The van der Waals surface area contributed by atoms with E-state index in [1.807, 2.05) is 30.3 Å². The molecular weight excluding hydrogens is 719 g/mol. The first-order valence-electron chi connectivity index (χ1n) is 20.0. The number of benzene rings is 10. The standard InChI is InChI=1S/C55H35N3O/c1-3-14-40(15-4-1)55-56-49-34-30-39-26-25-38-29-33-43(35-48(38)52(39)54(49)59-55)57(42-31-27-37(28-32-42)45-21-11-16-36-13-7-8-19-44(36)45)51-24-12-22-47-46-20-9-10-23-50(46)58(53(47)51)41-17-5-2-6-18-41/h1-35H. The lowest BCUT2D eigenvalue weighted by Gasteiger charge is -2.28. The van der Waals surface area contributed by atoms with E-state index in [0.29, 0.717) is 5.89 Å². The average Bonchev–Trinajstić information content (AvgIpc) is 3.90. The fraction of sp³-hybridized carbons (Fsp3) is 0. The largest absolute Gasteiger partial charge is 0.435 e. The number of anilines is 3. The van der Waals surface area contributed by atoms with Crippen molar-refractivity contribution in [3.63, 3.8) is 0 Å². The Bertz CT molecular complexity index is 3540. The Labute approximate surface area is 340 Å². The van der Waals surface area contributed by atoms with Crippen LogP contribution in [0.25, 0.3) is 93.5 Å². The van der Waals surface area contributed by atoms with E-state index in [2.05, 4.69) is 191 Å². The molecule has 0 aliphatic rings. The predicted molar refractivity (Wildman–Crippen MR) is 246 cm³/mol. The van der Waals surface area contributed by atoms with Crippen LogP contribution in [0.15, 0.2) is 217 Å². The van der Waals surface area contributed by atoms with Gasteiger partial charge in [-0.05, 0) is 105 Å². The summed E-state index contributed by atoms with van der Waals surface area (Å²) >= 11 is 0. The maximum atomic E-state index is 6.66. The first kappa shape index (κ1) is 33.2. The van der Waals surface area contributed by atoms with Crippen LogP contribution in [-0.4, -0.2) is 9.55 Å². The molecule has 0 aliphatic heterocycles. The number of fused-ring (bicyclic) bond motifs is 9. The van der Waals surface area contributed by atoms with Crippen LogP contribution < -0.4 is 4.90 Å². The molecule has 0 aliphatic carbocycles. The first-order chi connectivity index (χ1) is 29.3. The summed E-state index contributed by atoms with van der Waals surface area (Å²) in [5.74, 6) is 0.620. The van der Waals surface area contributed by atoms with Gasteiger partial charge in [0.15, 0.2) is 5.58 Å². The Morgan fingerprint density at radius 3 is 1.95 bits per heavy atom. The van der Waals surface area contributed by atoms with Crippen molar-refractivity contribution in [2.75, 3.05) is 4.90 Å². The van der Waals surface area contributed by atoms with Crippen LogP contribution in [0, 0.1) is 0 Å². The Hall–Kier alpha value is -7.95. The third-order valence-electron chi connectivity index (χ3n) is 11.8. The summed E-state index contributed by atoms with van der Waals surface area (Å²) in [5.41, 5.74) is 11.6. The van der Waals surface area contributed by atoms with Crippen molar-refractivity contribution in [3.05, 3.63) is 212 Å². The molecule has 0 saturated heterocycles. The van der Waals surface area contributed by atoms with Crippen LogP contribution in [0.2, 0.25) is 0 Å². The van der Waals surface area contributed by atoms with Crippen LogP contribution in [0.4, 0.5) is 17.1 Å². The normalized spacial score (nSPS) is 11.7. The second-order valence-corrected chi connectivity index (χ2v) is 15.1. The van der Waals surface area contributed by atoms with Gasteiger partial charge >= 0.3 is 0 Å². The Morgan fingerprint density at radius 1 is 0.441 bits per heavy atom. The van der Waals surface area contributed by atoms with Gasteiger partial charge in [-0.15, -0.1) is 0 Å². The molecule has 12 rings (SSSR count). The molecule has 0 saturated carbocycles. The minimum Gasteiger partial charge on any atom is -0.435 e. The second-order valence-electron chi connectivity index (χ2n) is 15.1. The number of rotatable bonds is 6. The average molecular weight is 754 g/mol. The predicted octanol–water partition coefficient (Wildman–Crippen LogP) is 15.2. The Morgan fingerprint density at radius 2 is 1.08 bits per heavy atom. The van der Waals surface area contributed by atoms with Crippen LogP contribution in [-0.2, 0) is 0 Å². The third kappa shape index (κ3) is 5.34. The molecule has 12 aromatic rings. The van der Waals surface area contributed by atoms with Crippen LogP contribution >= 0.6 is 0 Å². The molecule has 59 heavy (non-hydrogen) atoms. The van der Waals surface area contributed by atoms with Gasteiger partial charge in [-0.25, -0.2) is 4.98 Å². The summed E-state index contributed by atoms with van der Waals surface area (Å²) in [7, 11) is 0. The summed E-state index contributed by atoms with van der Waals surface area (Å²) < 4.78 is 9.07. The van der Waals surface area contributed by atoms with Gasteiger partial charge in [-0.3, -0.25) is 0 Å². The van der Waals surface area contributed by atoms with E-state index in [9.17, 15) is 0 Å². The van der Waals surface area contributed by atoms with Crippen molar-refractivity contribution in [1.82, 2.24) is 9.55 Å². The fourth-order valence-corrected chi connectivity index (χ4v) is 9.07. The van der Waals surface area contributed by atoms with Gasteiger partial charge in [-0.1, -0.05) is 146 Å². The zero-order valence-electron chi connectivity index (χ0n) is 32.0. The number of oxazole rings is 1. The van der Waals surface area contributed by atoms with Crippen molar-refractivity contribution in [1.29, 1.82) is 0 Å². The minimum atomic E-state index is 0.620. The van der Waals surface area contributed by atoms with Gasteiger partial charge in [-0.2, -0.15) is 0 Å². The molecular formula is C55H35N3O. The van der Waals surface area contributed by atoms with Crippen LogP contribution in [0.5, 0.6) is 0 Å². The molecule has 10 aromatic carbocycles. The van der Waals surface area contributed by atoms with E-state index < -0.39 is 0 Å². The number of para-hydroxylation sites is 3. The van der Waals surface area contributed by atoms with Crippen LogP contribution in [0.3, 0.4) is 0 Å². The van der Waals surface area contributed by atoms with E-state index in [1.165, 1.54) is 38.2 Å². The van der Waals surface area contributed by atoms with E-state index in [1.54, 1.807) is 0 Å². The molecule has 4 nitrogen and oxygen atoms in total. The Balaban J connectivity index is 1.13. The van der Waals surface area contributed by atoms with Crippen molar-refractivity contribution in [2.45, 2.75) is 0 Å². The highest BCUT2D eigenvalue weighted by Crippen LogP contribution is 2.45. The monoisotopic (exact) mass is 753 g/mol. The third-order valence-corrected chi connectivity index (χ3v) is 11.8. The molecule has 0 bridgehead atoms. The molecule has 0 radical (unpaired) electrons. The van der Waals surface area contributed by atoms with Gasteiger partial charge in [0.05, 0.1) is 16.7 Å². The zero-order chi connectivity index (χ0) is 38.9. The number of hydrogen-bond donors (Lipinski definition) is 0. The van der Waals surface area contributed by atoms with Crippen molar-refractivity contribution in [3.8, 4) is 28.3 Å². The summed E-state index contributed by atoms with van der Waals surface area (Å²) in [6.45, 7) is 0. The molecule has 0 unspecified atom stereocenters. The fourth-order valence-electron chi connectivity index (χ4n) is 9.07. The molecule has 2 heterocycles. The van der Waals surface area contributed by atoms with E-state index in [0.717, 1.165) is 66.5 Å². The Kier molecular flexibility index (Phi) is 7.50. The van der Waals surface area contributed by atoms with Gasteiger partial charge in [0.1, 0.15) is 5.52 Å². The van der Waals surface area contributed by atoms with Gasteiger partial charge < -0.3 is 13.9 Å². The van der Waals surface area contributed by atoms with Gasteiger partial charge in [0.2, 0.25) is 5.89 Å². The van der Waals surface area contributed by atoms with Crippen molar-refractivity contribution in [2.24, 2.45) is 0 Å². The quantitative estimate of drug-likeness (QED) is 0.159. The number of nitrogens with zero attached hydrogens (tertiary/aromatic N) is 3. The second kappa shape index (κ2) is 13.3. The molecule has 0 amide bonds. The molecule has 4 heteroatoms. The molecule has 0 fully saturated rings. The van der Waals surface area contributed by atoms with Gasteiger partial charge in [0.25, 0.3) is 0 Å². The lowest BCUT2D eigenvalue weighted by molar-refractivity contribution is 0.623. The van der Waals surface area contributed by atoms with E-state index in [4.69, 9.17) is 9.40 Å². The summed E-state index contributed by atoms with van der Waals surface area (Å²) in [4.78, 5) is 7.38. The molecule has 0 atom stereocenters. The lowest BCUT2D eigenvalue weighted by Crippen LogP contribution is -2.11. The maximum Gasteiger partial charge on any atom is 0.227 e. The van der Waals surface area contributed by atoms with E-state index in [-0.39, 0.29) is 0 Å². The SMILES string of the molecule is c1ccc(-c2nc3ccc4ccc5ccc(N(c6ccc(-c7cccc8ccccc78)cc6)c6cccc7c8ccccc8n(-c8ccccc8)c67)cc5c4c3o2)cc1. The number of aromatic nitrogens is 2. The molecule has 2 aromatic heterocycles. The van der Waals surface area contributed by atoms with Crippen molar-refractivity contribution >= 4 is 82.3 Å². The van der Waals surface area contributed by atoms with Crippen molar-refractivity contribution < 1.29 is 4.42 Å². The summed E-state index contributed by atoms with van der Waals surface area (Å²) in [5, 5.41) is 9.29. The van der Waals surface area contributed by atoms with Gasteiger partial charge in [0, 0.05) is 38.8 Å². The highest BCUT2D eigenvalue weighted by molar-refractivity contribution is 6.19. The minimum absolute atomic E-state index is 0.620. The summed E-state index contributed by atoms with van der Waals surface area (Å²) in [6, 6.07) is 75.9. The molecule has 276 valence electrons. The lowest BCUT2D eigenvalue weighted by atomic mass is 9.97.